The van der Waals surface area contributed by atoms with Gasteiger partial charge in [0, 0.05) is 0 Å². The Kier molecular flexibility index (Phi) is 8.67. The molecule has 0 saturated heterocycles. The number of amides is 2. The molecule has 0 radical (unpaired) electrons. The maximum absolute atomic E-state index is 11.7. The van der Waals surface area contributed by atoms with Gasteiger partial charge < -0.3 is 20.8 Å². The monoisotopic (exact) mass is 303 g/mol. The van der Waals surface area contributed by atoms with Crippen LogP contribution in [0.1, 0.15) is 32.4 Å². The number of hydrogen-bond acceptors (Lipinski definition) is 4. The molecule has 0 aliphatic rings. The Balaban J connectivity index is 0.00000361. The molecule has 6 nitrogen and oxygen atoms in total. The van der Waals surface area contributed by atoms with Gasteiger partial charge in [0.05, 0.1) is 18.8 Å². The molecule has 0 spiro atoms. The molecule has 7 heteroatoms. The maximum atomic E-state index is 11.7. The molecule has 2 unspecified atom stereocenters. The molecule has 0 aliphatic heterocycles. The highest BCUT2D eigenvalue weighted by molar-refractivity contribution is 5.89. The Hall–Kier alpha value is -1.53. The summed E-state index contributed by atoms with van der Waals surface area (Å²) in [6.45, 7) is 3.87. The van der Waals surface area contributed by atoms with E-state index in [1.54, 1.807) is 19.1 Å². The molecule has 2 atom stereocenters. The zero-order chi connectivity index (χ0) is 14.3. The van der Waals surface area contributed by atoms with Gasteiger partial charge in [-0.25, -0.2) is 0 Å². The highest BCUT2D eigenvalue weighted by Gasteiger charge is 2.19. The van der Waals surface area contributed by atoms with Gasteiger partial charge in [-0.3, -0.25) is 9.59 Å². The number of halogens is 1. The second-order valence-corrected chi connectivity index (χ2v) is 4.42. The number of hydrogen-bond donors (Lipinski definition) is 3. The van der Waals surface area contributed by atoms with Gasteiger partial charge in [0.2, 0.25) is 11.8 Å². The number of carbonyl (C=O) groups excluding carboxylic acids is 2. The Morgan fingerprint density at radius 2 is 2.10 bits per heavy atom. The average molecular weight is 304 g/mol. The zero-order valence-corrected chi connectivity index (χ0v) is 12.5. The molecule has 114 valence electrons. The lowest BCUT2D eigenvalue weighted by Gasteiger charge is -2.16. The van der Waals surface area contributed by atoms with Gasteiger partial charge in [0.1, 0.15) is 11.8 Å². The number of carbonyl (C=O) groups is 2. The standard InChI is InChI=1S/C13H21N3O3.ClH/c1-3-5-11(14)13(18)16-9(2)12(17)15-8-10-6-4-7-19-10;/h4,6-7,9,11H,3,5,8,14H2,1-2H3,(H,15,17)(H,16,18);1H. The van der Waals surface area contributed by atoms with Crippen LogP contribution in [0.25, 0.3) is 0 Å². The average Bonchev–Trinajstić information content (AvgIpc) is 2.89. The minimum Gasteiger partial charge on any atom is -0.467 e. The van der Waals surface area contributed by atoms with Crippen molar-refractivity contribution >= 4 is 24.2 Å². The van der Waals surface area contributed by atoms with Gasteiger partial charge in [-0.2, -0.15) is 0 Å². The Labute approximate surface area is 124 Å². The molecule has 0 aromatic carbocycles. The van der Waals surface area contributed by atoms with Crippen LogP contribution in [-0.4, -0.2) is 23.9 Å². The molecule has 1 heterocycles. The van der Waals surface area contributed by atoms with Crippen LogP contribution in [0.3, 0.4) is 0 Å². The molecule has 4 N–H and O–H groups in total. The van der Waals surface area contributed by atoms with Crippen molar-refractivity contribution in [1.82, 2.24) is 10.6 Å². The summed E-state index contributed by atoms with van der Waals surface area (Å²) in [6, 6.07) is 2.33. The van der Waals surface area contributed by atoms with Gasteiger partial charge in [-0.15, -0.1) is 12.4 Å². The van der Waals surface area contributed by atoms with E-state index < -0.39 is 12.1 Å². The Morgan fingerprint density at radius 3 is 2.65 bits per heavy atom. The first-order valence-electron chi connectivity index (χ1n) is 6.40. The summed E-state index contributed by atoms with van der Waals surface area (Å²) in [5.41, 5.74) is 5.67. The SMILES string of the molecule is CCCC(N)C(=O)NC(C)C(=O)NCc1ccco1.Cl. The van der Waals surface area contributed by atoms with Crippen LogP contribution in [0.5, 0.6) is 0 Å². The molecule has 2 amide bonds. The molecule has 0 bridgehead atoms. The van der Waals surface area contributed by atoms with Crippen LogP contribution in [0.15, 0.2) is 22.8 Å². The number of nitrogens with one attached hydrogen (secondary N) is 2. The third-order valence-corrected chi connectivity index (χ3v) is 2.71. The first-order chi connectivity index (χ1) is 9.04. The number of furan rings is 1. The summed E-state index contributed by atoms with van der Waals surface area (Å²) in [4.78, 5) is 23.4. The van der Waals surface area contributed by atoms with E-state index in [1.165, 1.54) is 6.26 Å². The predicted molar refractivity (Wildman–Crippen MR) is 78.3 cm³/mol. The highest BCUT2D eigenvalue weighted by Crippen LogP contribution is 1.99. The highest BCUT2D eigenvalue weighted by atomic mass is 35.5. The van der Waals surface area contributed by atoms with Crippen LogP contribution in [0.4, 0.5) is 0 Å². The Morgan fingerprint density at radius 1 is 1.40 bits per heavy atom. The summed E-state index contributed by atoms with van der Waals surface area (Å²) in [7, 11) is 0. The van der Waals surface area contributed by atoms with Gasteiger partial charge >= 0.3 is 0 Å². The fourth-order valence-corrected chi connectivity index (χ4v) is 1.57. The van der Waals surface area contributed by atoms with E-state index in [-0.39, 0.29) is 24.2 Å². The molecule has 1 aromatic rings. The minimum atomic E-state index is -0.620. The van der Waals surface area contributed by atoms with Crippen molar-refractivity contribution in [1.29, 1.82) is 0 Å². The largest absolute Gasteiger partial charge is 0.467 e. The van der Waals surface area contributed by atoms with Crippen molar-refractivity contribution in [2.75, 3.05) is 0 Å². The molecular formula is C13H22ClN3O3. The van der Waals surface area contributed by atoms with E-state index in [2.05, 4.69) is 10.6 Å². The van der Waals surface area contributed by atoms with Crippen molar-refractivity contribution in [2.45, 2.75) is 45.3 Å². The minimum absolute atomic E-state index is 0. The number of rotatable bonds is 7. The third kappa shape index (κ3) is 6.08. The van der Waals surface area contributed by atoms with Crippen molar-refractivity contribution < 1.29 is 14.0 Å². The lowest BCUT2D eigenvalue weighted by atomic mass is 10.1. The lowest BCUT2D eigenvalue weighted by molar-refractivity contribution is -0.129. The molecule has 0 fully saturated rings. The summed E-state index contributed by atoms with van der Waals surface area (Å²) < 4.78 is 5.09. The van der Waals surface area contributed by atoms with Crippen LogP contribution < -0.4 is 16.4 Å². The molecular weight excluding hydrogens is 282 g/mol. The first-order valence-corrected chi connectivity index (χ1v) is 6.40. The van der Waals surface area contributed by atoms with E-state index in [1.807, 2.05) is 6.92 Å². The van der Waals surface area contributed by atoms with Crippen molar-refractivity contribution in [3.63, 3.8) is 0 Å². The predicted octanol–water partition coefficient (Wildman–Crippen LogP) is 0.950. The van der Waals surface area contributed by atoms with Crippen molar-refractivity contribution in [3.05, 3.63) is 24.2 Å². The van der Waals surface area contributed by atoms with Crippen molar-refractivity contribution in [3.8, 4) is 0 Å². The molecule has 0 aliphatic carbocycles. The fraction of sp³-hybridized carbons (Fsp3) is 0.538. The lowest BCUT2D eigenvalue weighted by Crippen LogP contribution is -2.50. The topological polar surface area (TPSA) is 97.4 Å². The van der Waals surface area contributed by atoms with Gasteiger partial charge in [0.25, 0.3) is 0 Å². The smallest absolute Gasteiger partial charge is 0.242 e. The second kappa shape index (κ2) is 9.39. The summed E-state index contributed by atoms with van der Waals surface area (Å²) in [5.74, 6) is 0.0884. The van der Waals surface area contributed by atoms with Crippen molar-refractivity contribution in [2.24, 2.45) is 5.73 Å². The Bertz CT molecular complexity index is 409. The zero-order valence-electron chi connectivity index (χ0n) is 11.7. The summed E-state index contributed by atoms with van der Waals surface area (Å²) in [6.07, 6.45) is 2.97. The van der Waals surface area contributed by atoms with E-state index in [0.29, 0.717) is 18.7 Å². The van der Waals surface area contributed by atoms with Gasteiger partial charge in [-0.05, 0) is 25.5 Å². The maximum Gasteiger partial charge on any atom is 0.242 e. The van der Waals surface area contributed by atoms with E-state index >= 15 is 0 Å². The first kappa shape index (κ1) is 18.5. The van der Waals surface area contributed by atoms with E-state index in [9.17, 15) is 9.59 Å². The van der Waals surface area contributed by atoms with Gasteiger partial charge in [0.15, 0.2) is 0 Å². The van der Waals surface area contributed by atoms with Crippen LogP contribution in [-0.2, 0) is 16.1 Å². The van der Waals surface area contributed by atoms with Crippen LogP contribution in [0.2, 0.25) is 0 Å². The van der Waals surface area contributed by atoms with Gasteiger partial charge in [-0.1, -0.05) is 13.3 Å². The quantitative estimate of drug-likeness (QED) is 0.698. The van der Waals surface area contributed by atoms with Crippen LogP contribution >= 0.6 is 12.4 Å². The summed E-state index contributed by atoms with van der Waals surface area (Å²) >= 11 is 0. The van der Waals surface area contributed by atoms with E-state index in [4.69, 9.17) is 10.2 Å². The molecule has 0 saturated carbocycles. The normalized spacial score (nSPS) is 12.9. The second-order valence-electron chi connectivity index (χ2n) is 4.42. The molecule has 20 heavy (non-hydrogen) atoms. The number of nitrogens with two attached hydrogens (primary N) is 1. The van der Waals surface area contributed by atoms with E-state index in [0.717, 1.165) is 6.42 Å². The molecule has 1 rings (SSSR count). The fourth-order valence-electron chi connectivity index (χ4n) is 1.57. The van der Waals surface area contributed by atoms with Crippen LogP contribution in [0, 0.1) is 0 Å². The molecule has 1 aromatic heterocycles. The summed E-state index contributed by atoms with van der Waals surface area (Å²) in [5, 5.41) is 5.26. The third-order valence-electron chi connectivity index (χ3n) is 2.71.